The van der Waals surface area contributed by atoms with E-state index in [0.717, 1.165) is 43.5 Å². The predicted molar refractivity (Wildman–Crippen MR) is 120 cm³/mol. The molecule has 1 amide bonds. The Hall–Kier alpha value is -1.60. The summed E-state index contributed by atoms with van der Waals surface area (Å²) in [6, 6.07) is 8.01. The summed E-state index contributed by atoms with van der Waals surface area (Å²) in [5.74, 6) is 2.30. The maximum absolute atomic E-state index is 12.5. The van der Waals surface area contributed by atoms with E-state index in [9.17, 15) is 13.2 Å². The summed E-state index contributed by atoms with van der Waals surface area (Å²) in [5, 5.41) is 2.83. The minimum Gasteiger partial charge on any atom is -0.376 e. The Morgan fingerprint density at radius 3 is 2.23 bits per heavy atom. The maximum atomic E-state index is 12.5. The van der Waals surface area contributed by atoms with Gasteiger partial charge in [-0.15, -0.1) is 0 Å². The van der Waals surface area contributed by atoms with Crippen LogP contribution in [0.15, 0.2) is 24.3 Å². The molecule has 1 aromatic rings. The molecule has 1 N–H and O–H groups in total. The largest absolute Gasteiger partial charge is 0.376 e. The number of rotatable bonds is 7. The molecule has 6 rings (SSSR count). The van der Waals surface area contributed by atoms with Gasteiger partial charge in [0.05, 0.1) is 18.0 Å². The second kappa shape index (κ2) is 8.07. The highest BCUT2D eigenvalue weighted by Crippen LogP contribution is 2.60. The molecule has 4 bridgehead atoms. The van der Waals surface area contributed by atoms with Crippen molar-refractivity contribution in [2.45, 2.75) is 62.9 Å². The lowest BCUT2D eigenvalue weighted by atomic mass is 9.48. The monoisotopic (exact) mass is 446 g/mol. The van der Waals surface area contributed by atoms with Crippen molar-refractivity contribution in [3.63, 3.8) is 0 Å². The van der Waals surface area contributed by atoms with Gasteiger partial charge in [0.2, 0.25) is 15.9 Å². The summed E-state index contributed by atoms with van der Waals surface area (Å²) in [7, 11) is -3.57. The molecule has 0 radical (unpaired) electrons. The van der Waals surface area contributed by atoms with Crippen molar-refractivity contribution < 1.29 is 17.9 Å². The van der Waals surface area contributed by atoms with Gasteiger partial charge in [0.25, 0.3) is 0 Å². The first kappa shape index (κ1) is 21.3. The van der Waals surface area contributed by atoms with E-state index in [0.29, 0.717) is 12.2 Å². The minimum absolute atomic E-state index is 0.0372. The summed E-state index contributed by atoms with van der Waals surface area (Å²) >= 11 is 0. The number of ether oxygens (including phenoxy) is 1. The Labute approximate surface area is 185 Å². The first-order valence-electron chi connectivity index (χ1n) is 11.8. The van der Waals surface area contributed by atoms with E-state index >= 15 is 0 Å². The van der Waals surface area contributed by atoms with Crippen molar-refractivity contribution in [3.05, 3.63) is 29.8 Å². The van der Waals surface area contributed by atoms with E-state index < -0.39 is 10.0 Å². The van der Waals surface area contributed by atoms with Gasteiger partial charge in [-0.2, -0.15) is 0 Å². The standard InChI is InChI=1S/C24H34N2O4S/c1-31(28,29)26(16-23(27)25-15-22-3-2-8-30-22)21-6-4-20(5-7-21)24-12-17-9-18(13-24)11-19(10-17)14-24/h4-7,17-19,22H,2-3,8-16H2,1H3,(H,25,27)/t17?,18?,19?,22-,24?/m0/s1. The van der Waals surface area contributed by atoms with Crippen molar-refractivity contribution in [2.75, 3.05) is 30.3 Å². The first-order valence-corrected chi connectivity index (χ1v) is 13.6. The highest BCUT2D eigenvalue weighted by Gasteiger charge is 2.51. The third-order valence-electron chi connectivity index (χ3n) is 8.04. The van der Waals surface area contributed by atoms with Gasteiger partial charge >= 0.3 is 0 Å². The lowest BCUT2D eigenvalue weighted by molar-refractivity contribution is -0.120. The van der Waals surface area contributed by atoms with Crippen molar-refractivity contribution in [1.82, 2.24) is 5.32 Å². The summed E-state index contributed by atoms with van der Waals surface area (Å²) in [4.78, 5) is 12.5. The fourth-order valence-electron chi connectivity index (χ4n) is 7.06. The van der Waals surface area contributed by atoms with E-state index in [4.69, 9.17) is 4.74 Å². The number of nitrogens with zero attached hydrogens (tertiary/aromatic N) is 1. The lowest BCUT2D eigenvalue weighted by Gasteiger charge is -2.57. The van der Waals surface area contributed by atoms with Gasteiger partial charge in [0.15, 0.2) is 0 Å². The van der Waals surface area contributed by atoms with E-state index in [1.54, 1.807) is 0 Å². The van der Waals surface area contributed by atoms with Crippen LogP contribution in [0.25, 0.3) is 0 Å². The van der Waals surface area contributed by atoms with Crippen LogP contribution in [0.2, 0.25) is 0 Å². The number of sulfonamides is 1. The molecular weight excluding hydrogens is 412 g/mol. The molecule has 1 aromatic carbocycles. The Morgan fingerprint density at radius 1 is 1.10 bits per heavy atom. The zero-order valence-corrected chi connectivity index (χ0v) is 19.2. The van der Waals surface area contributed by atoms with Gasteiger partial charge in [-0.1, -0.05) is 12.1 Å². The highest BCUT2D eigenvalue weighted by molar-refractivity contribution is 7.92. The Bertz CT molecular complexity index is 886. The van der Waals surface area contributed by atoms with Gasteiger partial charge in [0, 0.05) is 13.2 Å². The average molecular weight is 447 g/mol. The van der Waals surface area contributed by atoms with Crippen LogP contribution in [0.1, 0.15) is 56.9 Å². The molecule has 0 unspecified atom stereocenters. The van der Waals surface area contributed by atoms with Crippen LogP contribution < -0.4 is 9.62 Å². The third-order valence-corrected chi connectivity index (χ3v) is 9.18. The normalized spacial score (nSPS) is 34.1. The quantitative estimate of drug-likeness (QED) is 0.698. The summed E-state index contributed by atoms with van der Waals surface area (Å²) < 4.78 is 31.6. The average Bonchev–Trinajstić information content (AvgIpc) is 3.22. The molecule has 4 saturated carbocycles. The number of carbonyl (C=O) groups is 1. The first-order chi connectivity index (χ1) is 14.8. The van der Waals surface area contributed by atoms with Crippen LogP contribution in [0, 0.1) is 17.8 Å². The lowest BCUT2D eigenvalue weighted by Crippen LogP contribution is -2.48. The fraction of sp³-hybridized carbons (Fsp3) is 0.708. The number of hydrogen-bond donors (Lipinski definition) is 1. The van der Waals surface area contributed by atoms with Crippen molar-refractivity contribution in [3.8, 4) is 0 Å². The molecule has 5 fully saturated rings. The summed E-state index contributed by atoms with van der Waals surface area (Å²) in [6.45, 7) is 0.954. The second-order valence-corrected chi connectivity index (χ2v) is 12.4. The Kier molecular flexibility index (Phi) is 5.53. The van der Waals surface area contributed by atoms with Crippen LogP contribution in [-0.4, -0.2) is 46.4 Å². The molecule has 0 spiro atoms. The van der Waals surface area contributed by atoms with Crippen LogP contribution >= 0.6 is 0 Å². The fourth-order valence-corrected chi connectivity index (χ4v) is 7.92. The topological polar surface area (TPSA) is 75.7 Å². The Morgan fingerprint density at radius 2 is 1.71 bits per heavy atom. The number of anilines is 1. The number of benzene rings is 1. The molecule has 4 aliphatic carbocycles. The molecule has 0 aromatic heterocycles. The second-order valence-electron chi connectivity index (χ2n) is 10.5. The molecule has 31 heavy (non-hydrogen) atoms. The number of amides is 1. The maximum Gasteiger partial charge on any atom is 0.240 e. The van der Waals surface area contributed by atoms with Gasteiger partial charge in [0.1, 0.15) is 6.54 Å². The highest BCUT2D eigenvalue weighted by atomic mass is 32.2. The molecule has 170 valence electrons. The van der Waals surface area contributed by atoms with Crippen LogP contribution in [-0.2, 0) is 25.0 Å². The molecule has 1 saturated heterocycles. The van der Waals surface area contributed by atoms with Crippen molar-refractivity contribution in [2.24, 2.45) is 17.8 Å². The molecule has 5 aliphatic rings. The zero-order chi connectivity index (χ0) is 21.6. The molecule has 1 aliphatic heterocycles. The van der Waals surface area contributed by atoms with E-state index in [1.807, 2.05) is 12.1 Å². The number of hydrogen-bond acceptors (Lipinski definition) is 4. The third kappa shape index (κ3) is 4.36. The number of nitrogens with one attached hydrogen (secondary N) is 1. The Balaban J connectivity index is 1.29. The van der Waals surface area contributed by atoms with E-state index in [2.05, 4.69) is 17.4 Å². The SMILES string of the molecule is CS(=O)(=O)N(CC(=O)NC[C@@H]1CCCO1)c1ccc(C23CC4CC(CC(C4)C2)C3)cc1. The van der Waals surface area contributed by atoms with Gasteiger partial charge < -0.3 is 10.1 Å². The summed E-state index contributed by atoms with van der Waals surface area (Å²) in [5.41, 5.74) is 2.19. The summed E-state index contributed by atoms with van der Waals surface area (Å²) in [6.07, 6.45) is 11.2. The predicted octanol–water partition coefficient (Wildman–Crippen LogP) is 3.22. The molecule has 1 heterocycles. The molecule has 6 nitrogen and oxygen atoms in total. The van der Waals surface area contributed by atoms with Gasteiger partial charge in [-0.3, -0.25) is 9.10 Å². The van der Waals surface area contributed by atoms with Gasteiger partial charge in [-0.05, 0) is 92.2 Å². The minimum atomic E-state index is -3.57. The molecular formula is C24H34N2O4S. The van der Waals surface area contributed by atoms with Crippen molar-refractivity contribution >= 4 is 21.6 Å². The van der Waals surface area contributed by atoms with Crippen LogP contribution in [0.4, 0.5) is 5.69 Å². The van der Waals surface area contributed by atoms with E-state index in [1.165, 1.54) is 48.4 Å². The van der Waals surface area contributed by atoms with Crippen LogP contribution in [0.3, 0.4) is 0 Å². The zero-order valence-electron chi connectivity index (χ0n) is 18.4. The van der Waals surface area contributed by atoms with Crippen LogP contribution in [0.5, 0.6) is 0 Å². The smallest absolute Gasteiger partial charge is 0.240 e. The van der Waals surface area contributed by atoms with Crippen molar-refractivity contribution in [1.29, 1.82) is 0 Å². The molecule has 1 atom stereocenters. The molecule has 7 heteroatoms. The van der Waals surface area contributed by atoms with E-state index in [-0.39, 0.29) is 24.0 Å². The van der Waals surface area contributed by atoms with Gasteiger partial charge in [-0.25, -0.2) is 8.42 Å². The number of carbonyl (C=O) groups excluding carboxylic acids is 1.